The molecule has 8 heteroatoms. The monoisotopic (exact) mass is 320 g/mol. The lowest BCUT2D eigenvalue weighted by atomic mass is 10.4. The maximum absolute atomic E-state index is 11.9. The first-order valence-corrected chi connectivity index (χ1v) is 6.93. The van der Waals surface area contributed by atoms with Gasteiger partial charge in [0.15, 0.2) is 6.61 Å². The summed E-state index contributed by atoms with van der Waals surface area (Å²) in [5.74, 6) is -2.14. The first kappa shape index (κ1) is 20.3. The Bertz CT molecular complexity index is 351. The number of hydrogen-bond acceptors (Lipinski definition) is 8. The average molecular weight is 320 g/mol. The fourth-order valence-electron chi connectivity index (χ4n) is 1.32. The molecular weight excluding hydrogens is 296 g/mol. The minimum Gasteiger partial charge on any atom is -0.454 e. The Morgan fingerprint density at radius 2 is 1.23 bits per heavy atom. The predicted octanol–water partition coefficient (Wildman–Crippen LogP) is 1.16. The van der Waals surface area contributed by atoms with Gasteiger partial charge >= 0.3 is 17.9 Å². The molecule has 0 aliphatic heterocycles. The highest BCUT2D eigenvalue weighted by Gasteiger charge is 2.26. The number of hydrogen-bond donors (Lipinski definition) is 0. The van der Waals surface area contributed by atoms with E-state index in [1.54, 1.807) is 27.7 Å². The minimum absolute atomic E-state index is 0.256. The summed E-state index contributed by atoms with van der Waals surface area (Å²) in [4.78, 5) is 33.7. The van der Waals surface area contributed by atoms with Crippen LogP contribution in [0, 0.1) is 0 Å². The molecule has 0 rings (SSSR count). The summed E-state index contributed by atoms with van der Waals surface area (Å²) >= 11 is 0. The predicted molar refractivity (Wildman–Crippen MR) is 74.5 cm³/mol. The van der Waals surface area contributed by atoms with E-state index in [0.717, 1.165) is 13.8 Å². The van der Waals surface area contributed by atoms with Gasteiger partial charge in [0.1, 0.15) is 0 Å². The molecule has 0 N–H and O–H groups in total. The van der Waals surface area contributed by atoms with E-state index in [9.17, 15) is 14.4 Å². The third kappa shape index (κ3) is 10.1. The zero-order valence-electron chi connectivity index (χ0n) is 13.8. The number of carbonyl (C=O) groups is 3. The van der Waals surface area contributed by atoms with Crippen LogP contribution in [-0.2, 0) is 38.1 Å². The molecule has 0 fully saturated rings. The molecule has 0 amide bonds. The Hall–Kier alpha value is -1.67. The molecule has 0 aromatic rings. The Balaban J connectivity index is 4.60. The Labute approximate surface area is 130 Å². The highest BCUT2D eigenvalue weighted by molar-refractivity contribution is 5.73. The van der Waals surface area contributed by atoms with Gasteiger partial charge in [-0.15, -0.1) is 0 Å². The molecule has 0 saturated carbocycles. The third-order valence-electron chi connectivity index (χ3n) is 1.94. The maximum atomic E-state index is 11.9. The van der Waals surface area contributed by atoms with Gasteiger partial charge in [0.05, 0.1) is 12.2 Å². The molecule has 128 valence electrons. The number of esters is 3. The molecule has 0 spiro atoms. The standard InChI is InChI=1S/C14H24O8/c1-8(2)19-14(20-9(3)4)13(17)18-7-12(21-10(5)15)22-11(6)16/h8-9,12,14H,7H2,1-6H3. The van der Waals surface area contributed by atoms with Crippen molar-refractivity contribution in [3.05, 3.63) is 0 Å². The molecular formula is C14H24O8. The van der Waals surface area contributed by atoms with Crippen molar-refractivity contribution in [2.45, 2.75) is 66.3 Å². The molecule has 0 bridgehead atoms. The summed E-state index contributed by atoms with van der Waals surface area (Å²) in [6.07, 6.45) is -3.03. The van der Waals surface area contributed by atoms with Crippen LogP contribution in [0.3, 0.4) is 0 Å². The summed E-state index contributed by atoms with van der Waals surface area (Å²) in [6.45, 7) is 8.80. The fraction of sp³-hybridized carbons (Fsp3) is 0.786. The van der Waals surface area contributed by atoms with Crippen LogP contribution in [0.25, 0.3) is 0 Å². The van der Waals surface area contributed by atoms with Crippen molar-refractivity contribution in [1.82, 2.24) is 0 Å². The molecule has 22 heavy (non-hydrogen) atoms. The second-order valence-corrected chi connectivity index (χ2v) is 4.98. The van der Waals surface area contributed by atoms with E-state index >= 15 is 0 Å². The molecule has 0 heterocycles. The van der Waals surface area contributed by atoms with Gasteiger partial charge in [-0.05, 0) is 27.7 Å². The smallest absolute Gasteiger partial charge is 0.363 e. The molecule has 0 aliphatic rings. The van der Waals surface area contributed by atoms with Crippen LogP contribution < -0.4 is 0 Å². The molecule has 8 nitrogen and oxygen atoms in total. The SMILES string of the molecule is CC(=O)OC(COC(=O)C(OC(C)C)OC(C)C)OC(C)=O. The molecule has 0 aromatic carbocycles. The van der Waals surface area contributed by atoms with Crippen LogP contribution in [0.1, 0.15) is 41.5 Å². The van der Waals surface area contributed by atoms with E-state index in [1.807, 2.05) is 0 Å². The van der Waals surface area contributed by atoms with Crippen molar-refractivity contribution in [3.8, 4) is 0 Å². The summed E-state index contributed by atoms with van der Waals surface area (Å²) in [6, 6.07) is 0. The lowest BCUT2D eigenvalue weighted by Crippen LogP contribution is -2.36. The van der Waals surface area contributed by atoms with Gasteiger partial charge in [-0.25, -0.2) is 4.79 Å². The maximum Gasteiger partial charge on any atom is 0.363 e. The second-order valence-electron chi connectivity index (χ2n) is 4.98. The number of ether oxygens (including phenoxy) is 5. The molecule has 0 saturated heterocycles. The van der Waals surface area contributed by atoms with Crippen molar-refractivity contribution in [2.75, 3.05) is 6.61 Å². The highest BCUT2D eigenvalue weighted by atomic mass is 16.7. The quantitative estimate of drug-likeness (QED) is 0.461. The minimum atomic E-state index is -1.31. The van der Waals surface area contributed by atoms with E-state index < -0.39 is 37.1 Å². The first-order chi connectivity index (χ1) is 10.1. The van der Waals surface area contributed by atoms with Crippen LogP contribution in [0.5, 0.6) is 0 Å². The molecule has 0 aliphatic carbocycles. The average Bonchev–Trinajstić information content (AvgIpc) is 2.32. The fourth-order valence-corrected chi connectivity index (χ4v) is 1.32. The largest absolute Gasteiger partial charge is 0.454 e. The van der Waals surface area contributed by atoms with Gasteiger partial charge in [-0.1, -0.05) is 0 Å². The second kappa shape index (κ2) is 10.1. The zero-order valence-corrected chi connectivity index (χ0v) is 13.8. The van der Waals surface area contributed by atoms with Gasteiger partial charge < -0.3 is 23.7 Å². The Morgan fingerprint density at radius 1 is 0.818 bits per heavy atom. The molecule has 0 atom stereocenters. The van der Waals surface area contributed by atoms with E-state index in [1.165, 1.54) is 0 Å². The summed E-state index contributed by atoms with van der Waals surface area (Å²) in [7, 11) is 0. The van der Waals surface area contributed by atoms with Crippen LogP contribution >= 0.6 is 0 Å². The van der Waals surface area contributed by atoms with E-state index in [0.29, 0.717) is 0 Å². The van der Waals surface area contributed by atoms with Crippen molar-refractivity contribution < 1.29 is 38.1 Å². The van der Waals surface area contributed by atoms with Gasteiger partial charge in [0, 0.05) is 13.8 Å². The van der Waals surface area contributed by atoms with Gasteiger partial charge in [0.2, 0.25) is 0 Å². The number of rotatable bonds is 9. The lowest BCUT2D eigenvalue weighted by molar-refractivity contribution is -0.222. The van der Waals surface area contributed by atoms with Crippen LogP contribution in [0.2, 0.25) is 0 Å². The van der Waals surface area contributed by atoms with E-state index in [-0.39, 0.29) is 12.2 Å². The third-order valence-corrected chi connectivity index (χ3v) is 1.94. The normalized spacial score (nSPS) is 11.2. The van der Waals surface area contributed by atoms with Crippen molar-refractivity contribution in [1.29, 1.82) is 0 Å². The van der Waals surface area contributed by atoms with Crippen LogP contribution in [0.15, 0.2) is 0 Å². The van der Waals surface area contributed by atoms with Crippen molar-refractivity contribution >= 4 is 17.9 Å². The Kier molecular flexibility index (Phi) is 9.35. The van der Waals surface area contributed by atoms with E-state index in [2.05, 4.69) is 0 Å². The summed E-state index contributed by atoms with van der Waals surface area (Å²) in [5, 5.41) is 0. The van der Waals surface area contributed by atoms with Crippen LogP contribution in [-0.4, -0.2) is 49.3 Å². The molecule has 0 radical (unpaired) electrons. The van der Waals surface area contributed by atoms with Crippen LogP contribution in [0.4, 0.5) is 0 Å². The Morgan fingerprint density at radius 3 is 1.55 bits per heavy atom. The van der Waals surface area contributed by atoms with Gasteiger partial charge in [-0.3, -0.25) is 9.59 Å². The van der Waals surface area contributed by atoms with Gasteiger partial charge in [0.25, 0.3) is 12.6 Å². The lowest BCUT2D eigenvalue weighted by Gasteiger charge is -2.22. The highest BCUT2D eigenvalue weighted by Crippen LogP contribution is 2.08. The number of carbonyl (C=O) groups excluding carboxylic acids is 3. The van der Waals surface area contributed by atoms with E-state index in [4.69, 9.17) is 23.7 Å². The molecule has 0 unspecified atom stereocenters. The molecule has 0 aromatic heterocycles. The van der Waals surface area contributed by atoms with Crippen molar-refractivity contribution in [2.24, 2.45) is 0 Å². The first-order valence-electron chi connectivity index (χ1n) is 6.93. The zero-order chi connectivity index (χ0) is 17.3. The van der Waals surface area contributed by atoms with Crippen molar-refractivity contribution in [3.63, 3.8) is 0 Å². The summed E-state index contributed by atoms with van der Waals surface area (Å²) < 4.78 is 25.0. The van der Waals surface area contributed by atoms with Gasteiger partial charge in [-0.2, -0.15) is 0 Å². The topological polar surface area (TPSA) is 97.4 Å². The summed E-state index contributed by atoms with van der Waals surface area (Å²) in [5.41, 5.74) is 0.